The summed E-state index contributed by atoms with van der Waals surface area (Å²) in [5.74, 6) is -0.183. The molecule has 1 amide bonds. The van der Waals surface area contributed by atoms with E-state index in [9.17, 15) is 4.79 Å². The first-order valence-corrected chi connectivity index (χ1v) is 5.61. The second kappa shape index (κ2) is 4.47. The molecule has 1 aliphatic rings. The van der Waals surface area contributed by atoms with Crippen LogP contribution in [0.4, 0.5) is 0 Å². The quantitative estimate of drug-likeness (QED) is 0.746. The van der Waals surface area contributed by atoms with Gasteiger partial charge in [0.15, 0.2) is 0 Å². The third-order valence-corrected chi connectivity index (χ3v) is 3.16. The van der Waals surface area contributed by atoms with Crippen LogP contribution in [-0.2, 0) is 4.84 Å². The summed E-state index contributed by atoms with van der Waals surface area (Å²) in [4.78, 5) is 20.8. The van der Waals surface area contributed by atoms with Crippen molar-refractivity contribution in [3.05, 3.63) is 27.5 Å². The Bertz CT molecular complexity index is 394. The van der Waals surface area contributed by atoms with Crippen molar-refractivity contribution < 1.29 is 9.63 Å². The Morgan fingerprint density at radius 2 is 2.47 bits per heavy atom. The summed E-state index contributed by atoms with van der Waals surface area (Å²) in [7, 11) is 0. The van der Waals surface area contributed by atoms with Crippen LogP contribution in [0, 0.1) is 0 Å². The van der Waals surface area contributed by atoms with E-state index in [1.165, 1.54) is 11.3 Å². The van der Waals surface area contributed by atoms with Gasteiger partial charge < -0.3 is 0 Å². The van der Waals surface area contributed by atoms with Gasteiger partial charge in [-0.25, -0.2) is 10.0 Å². The molecule has 6 heteroatoms. The van der Waals surface area contributed by atoms with E-state index in [2.05, 4.69) is 20.9 Å². The zero-order valence-electron chi connectivity index (χ0n) is 7.74. The van der Waals surface area contributed by atoms with E-state index in [0.717, 1.165) is 6.42 Å². The van der Waals surface area contributed by atoms with E-state index in [1.807, 2.05) is 0 Å². The van der Waals surface area contributed by atoms with Gasteiger partial charge in [0.2, 0.25) is 0 Å². The number of carbonyl (C=O) groups is 1. The first-order valence-electron chi connectivity index (χ1n) is 4.44. The molecule has 1 saturated heterocycles. The molecule has 1 aromatic rings. The van der Waals surface area contributed by atoms with Crippen molar-refractivity contribution in [1.29, 1.82) is 0 Å². The lowest BCUT2D eigenvalue weighted by atomic mass is 10.2. The highest BCUT2D eigenvalue weighted by molar-refractivity contribution is 9.10. The molecule has 1 aromatic heterocycles. The molecule has 15 heavy (non-hydrogen) atoms. The minimum atomic E-state index is -0.183. The molecule has 0 aromatic carbocycles. The third-order valence-electron chi connectivity index (χ3n) is 2.02. The standard InChI is InChI=1S/C9H8BrClN2O2/c10-7-4-6(5-12-8(7)11)9(14)13-2-1-3-15-13/h4-5H,1-3H2. The maximum Gasteiger partial charge on any atom is 0.279 e. The van der Waals surface area contributed by atoms with Crippen molar-refractivity contribution in [3.8, 4) is 0 Å². The summed E-state index contributed by atoms with van der Waals surface area (Å²) in [6, 6.07) is 1.64. The second-order valence-corrected chi connectivity index (χ2v) is 4.30. The molecule has 80 valence electrons. The summed E-state index contributed by atoms with van der Waals surface area (Å²) in [5, 5.41) is 1.69. The molecule has 2 rings (SSSR count). The molecule has 1 aliphatic heterocycles. The summed E-state index contributed by atoms with van der Waals surface area (Å²) in [6.07, 6.45) is 2.31. The molecule has 0 radical (unpaired) electrons. The monoisotopic (exact) mass is 290 g/mol. The minimum Gasteiger partial charge on any atom is -0.271 e. The summed E-state index contributed by atoms with van der Waals surface area (Å²) in [6.45, 7) is 1.22. The van der Waals surface area contributed by atoms with Crippen LogP contribution < -0.4 is 0 Å². The lowest BCUT2D eigenvalue weighted by molar-refractivity contribution is -0.0768. The van der Waals surface area contributed by atoms with Crippen LogP contribution in [0.3, 0.4) is 0 Å². The Labute approximate surface area is 100 Å². The smallest absolute Gasteiger partial charge is 0.271 e. The number of pyridine rings is 1. The molecular weight excluding hydrogens is 283 g/mol. The molecule has 0 atom stereocenters. The van der Waals surface area contributed by atoms with E-state index >= 15 is 0 Å². The van der Waals surface area contributed by atoms with Gasteiger partial charge >= 0.3 is 0 Å². The summed E-state index contributed by atoms with van der Waals surface area (Å²) >= 11 is 8.95. The third kappa shape index (κ3) is 2.30. The number of rotatable bonds is 1. The summed E-state index contributed by atoms with van der Waals surface area (Å²) < 4.78 is 0.606. The van der Waals surface area contributed by atoms with Crippen LogP contribution in [0.2, 0.25) is 5.15 Å². The molecular formula is C9H8BrClN2O2. The van der Waals surface area contributed by atoms with Gasteiger partial charge in [0.05, 0.1) is 23.2 Å². The topological polar surface area (TPSA) is 42.4 Å². The van der Waals surface area contributed by atoms with Gasteiger partial charge in [-0.05, 0) is 28.4 Å². The SMILES string of the molecule is O=C(c1cnc(Cl)c(Br)c1)N1CCCO1. The average molecular weight is 292 g/mol. The van der Waals surface area contributed by atoms with Crippen molar-refractivity contribution in [1.82, 2.24) is 10.0 Å². The normalized spacial score (nSPS) is 15.7. The molecule has 0 unspecified atom stereocenters. The van der Waals surface area contributed by atoms with Crippen LogP contribution in [0.1, 0.15) is 16.8 Å². The highest BCUT2D eigenvalue weighted by Gasteiger charge is 2.21. The number of carbonyl (C=O) groups excluding carboxylic acids is 1. The molecule has 2 heterocycles. The van der Waals surface area contributed by atoms with Crippen molar-refractivity contribution >= 4 is 33.4 Å². The molecule has 4 nitrogen and oxygen atoms in total. The molecule has 0 bridgehead atoms. The van der Waals surface area contributed by atoms with Gasteiger partial charge in [0.1, 0.15) is 5.15 Å². The Kier molecular flexibility index (Phi) is 3.23. The average Bonchev–Trinajstić information content (AvgIpc) is 2.74. The first-order chi connectivity index (χ1) is 7.18. The Morgan fingerprint density at radius 1 is 1.67 bits per heavy atom. The maximum absolute atomic E-state index is 11.8. The van der Waals surface area contributed by atoms with E-state index in [4.69, 9.17) is 16.4 Å². The van der Waals surface area contributed by atoms with Gasteiger partial charge in [0.25, 0.3) is 5.91 Å². The highest BCUT2D eigenvalue weighted by Crippen LogP contribution is 2.21. The van der Waals surface area contributed by atoms with Crippen LogP contribution in [0.15, 0.2) is 16.7 Å². The van der Waals surface area contributed by atoms with Crippen molar-refractivity contribution in [2.45, 2.75) is 6.42 Å². The zero-order valence-corrected chi connectivity index (χ0v) is 10.1. The number of hydrogen-bond acceptors (Lipinski definition) is 3. The Morgan fingerprint density at radius 3 is 3.07 bits per heavy atom. The Balaban J connectivity index is 2.21. The first kappa shape index (κ1) is 10.9. The van der Waals surface area contributed by atoms with E-state index in [1.54, 1.807) is 6.07 Å². The Hall–Kier alpha value is -0.650. The lowest BCUT2D eigenvalue weighted by Crippen LogP contribution is -2.26. The van der Waals surface area contributed by atoms with Gasteiger partial charge in [-0.2, -0.15) is 0 Å². The predicted octanol–water partition coefficient (Wildman–Crippen LogP) is 2.28. The van der Waals surface area contributed by atoms with Crippen molar-refractivity contribution in [2.75, 3.05) is 13.2 Å². The molecule has 0 aliphatic carbocycles. The van der Waals surface area contributed by atoms with E-state index < -0.39 is 0 Å². The molecule has 1 fully saturated rings. The molecule has 0 N–H and O–H groups in total. The van der Waals surface area contributed by atoms with Crippen molar-refractivity contribution in [2.24, 2.45) is 0 Å². The lowest BCUT2D eigenvalue weighted by Gasteiger charge is -2.13. The minimum absolute atomic E-state index is 0.183. The number of hydrogen-bond donors (Lipinski definition) is 0. The van der Waals surface area contributed by atoms with Crippen LogP contribution in [0.5, 0.6) is 0 Å². The largest absolute Gasteiger partial charge is 0.279 e. The fourth-order valence-corrected chi connectivity index (χ4v) is 1.74. The van der Waals surface area contributed by atoms with Gasteiger partial charge in [-0.3, -0.25) is 9.63 Å². The summed E-state index contributed by atoms with van der Waals surface area (Å²) in [5.41, 5.74) is 0.466. The number of halogens is 2. The maximum atomic E-state index is 11.8. The van der Waals surface area contributed by atoms with Crippen molar-refractivity contribution in [3.63, 3.8) is 0 Å². The van der Waals surface area contributed by atoms with Gasteiger partial charge in [-0.15, -0.1) is 0 Å². The predicted molar refractivity (Wildman–Crippen MR) is 58.6 cm³/mol. The second-order valence-electron chi connectivity index (χ2n) is 3.09. The van der Waals surface area contributed by atoms with E-state index in [0.29, 0.717) is 28.3 Å². The molecule has 0 saturated carbocycles. The number of amides is 1. The zero-order chi connectivity index (χ0) is 10.8. The highest BCUT2D eigenvalue weighted by atomic mass is 79.9. The number of hydroxylamine groups is 2. The molecule has 0 spiro atoms. The van der Waals surface area contributed by atoms with Gasteiger partial charge in [0, 0.05) is 6.20 Å². The fraction of sp³-hybridized carbons (Fsp3) is 0.333. The van der Waals surface area contributed by atoms with Crippen LogP contribution in [0.25, 0.3) is 0 Å². The van der Waals surface area contributed by atoms with Crippen LogP contribution in [-0.4, -0.2) is 29.1 Å². The number of aromatic nitrogens is 1. The van der Waals surface area contributed by atoms with Gasteiger partial charge in [-0.1, -0.05) is 11.6 Å². The fourth-order valence-electron chi connectivity index (χ4n) is 1.29. The number of nitrogens with zero attached hydrogens (tertiary/aromatic N) is 2. The van der Waals surface area contributed by atoms with Crippen LogP contribution >= 0.6 is 27.5 Å². The van der Waals surface area contributed by atoms with E-state index in [-0.39, 0.29) is 5.91 Å².